The van der Waals surface area contributed by atoms with Gasteiger partial charge in [-0.15, -0.1) is 0 Å². The van der Waals surface area contributed by atoms with Gasteiger partial charge in [0.2, 0.25) is 15.9 Å². The fraction of sp³-hybridized carbons (Fsp3) is 0.889. The van der Waals surface area contributed by atoms with Crippen LogP contribution in [-0.4, -0.2) is 37.5 Å². The van der Waals surface area contributed by atoms with E-state index >= 15 is 0 Å². The van der Waals surface area contributed by atoms with Gasteiger partial charge in [-0.2, -0.15) is 0 Å². The molecule has 1 unspecified atom stereocenters. The monoisotopic (exact) mass is 249 g/mol. The molecule has 1 fully saturated rings. The number of hydrazine groups is 1. The molecular weight excluding hydrogens is 230 g/mol. The molecule has 0 bridgehead atoms. The molecule has 3 N–H and O–H groups in total. The predicted octanol–water partition coefficient (Wildman–Crippen LogP) is -0.572. The Kier molecular flexibility index (Phi) is 4.69. The van der Waals surface area contributed by atoms with E-state index in [1.54, 1.807) is 6.92 Å². The summed E-state index contributed by atoms with van der Waals surface area (Å²) in [4.78, 5) is 11.2. The lowest BCUT2D eigenvalue weighted by molar-refractivity contribution is -0.123. The van der Waals surface area contributed by atoms with Gasteiger partial charge in [-0.25, -0.2) is 18.6 Å². The third-order valence-electron chi connectivity index (χ3n) is 2.76. The maximum atomic E-state index is 11.9. The summed E-state index contributed by atoms with van der Waals surface area (Å²) in [5, 5.41) is 0. The van der Waals surface area contributed by atoms with Crippen molar-refractivity contribution in [1.82, 2.24) is 9.73 Å². The van der Waals surface area contributed by atoms with E-state index in [0.717, 1.165) is 19.3 Å². The number of piperidine rings is 1. The Morgan fingerprint density at radius 3 is 2.44 bits per heavy atom. The summed E-state index contributed by atoms with van der Waals surface area (Å²) < 4.78 is 25.3. The van der Waals surface area contributed by atoms with Crippen LogP contribution in [0.4, 0.5) is 0 Å². The first-order chi connectivity index (χ1) is 7.47. The lowest BCUT2D eigenvalue weighted by atomic mass is 10.2. The van der Waals surface area contributed by atoms with Crippen molar-refractivity contribution in [3.05, 3.63) is 0 Å². The van der Waals surface area contributed by atoms with Gasteiger partial charge in [0.1, 0.15) is 0 Å². The van der Waals surface area contributed by atoms with E-state index in [-0.39, 0.29) is 5.75 Å². The number of nitrogens with zero attached hydrogens (tertiary/aromatic N) is 1. The molecule has 94 valence electrons. The average molecular weight is 249 g/mol. The Labute approximate surface area is 96.2 Å². The normalized spacial score (nSPS) is 20.4. The number of nitrogens with one attached hydrogen (secondary N) is 1. The number of sulfonamides is 1. The van der Waals surface area contributed by atoms with Crippen molar-refractivity contribution in [2.45, 2.75) is 26.2 Å². The molecule has 7 heteroatoms. The van der Waals surface area contributed by atoms with Crippen LogP contribution < -0.4 is 11.3 Å². The van der Waals surface area contributed by atoms with Crippen LogP contribution >= 0.6 is 0 Å². The molecule has 1 saturated heterocycles. The summed E-state index contributed by atoms with van der Waals surface area (Å²) in [5.41, 5.74) is 1.97. The highest BCUT2D eigenvalue weighted by molar-refractivity contribution is 7.89. The van der Waals surface area contributed by atoms with Gasteiger partial charge in [-0.1, -0.05) is 13.3 Å². The Balaban J connectivity index is 2.60. The minimum Gasteiger partial charge on any atom is -0.294 e. The molecule has 1 aliphatic rings. The average Bonchev–Trinajstić information content (AvgIpc) is 2.28. The zero-order valence-corrected chi connectivity index (χ0v) is 10.3. The summed E-state index contributed by atoms with van der Waals surface area (Å²) in [5.74, 6) is 3.73. The number of carbonyl (C=O) groups is 1. The second kappa shape index (κ2) is 5.60. The van der Waals surface area contributed by atoms with Gasteiger partial charge in [0, 0.05) is 13.1 Å². The Morgan fingerprint density at radius 2 is 1.94 bits per heavy atom. The van der Waals surface area contributed by atoms with Crippen molar-refractivity contribution in [1.29, 1.82) is 0 Å². The van der Waals surface area contributed by atoms with Crippen LogP contribution in [0.15, 0.2) is 0 Å². The molecule has 16 heavy (non-hydrogen) atoms. The van der Waals surface area contributed by atoms with Crippen molar-refractivity contribution < 1.29 is 13.2 Å². The van der Waals surface area contributed by atoms with E-state index in [0.29, 0.717) is 13.1 Å². The summed E-state index contributed by atoms with van der Waals surface area (Å²) in [7, 11) is -3.32. The summed E-state index contributed by atoms with van der Waals surface area (Å²) in [6, 6.07) is 0. The second-order valence-electron chi connectivity index (χ2n) is 4.15. The quantitative estimate of drug-likeness (QED) is 0.396. The van der Waals surface area contributed by atoms with E-state index in [1.165, 1.54) is 4.31 Å². The number of hydrogen-bond acceptors (Lipinski definition) is 4. The van der Waals surface area contributed by atoms with Crippen LogP contribution in [0.2, 0.25) is 0 Å². The number of carbonyl (C=O) groups excluding carboxylic acids is 1. The predicted molar refractivity (Wildman–Crippen MR) is 60.7 cm³/mol. The van der Waals surface area contributed by atoms with Crippen molar-refractivity contribution in [3.63, 3.8) is 0 Å². The minimum atomic E-state index is -3.32. The first-order valence-electron chi connectivity index (χ1n) is 5.45. The molecule has 0 aliphatic carbocycles. The van der Waals surface area contributed by atoms with Crippen LogP contribution in [0.3, 0.4) is 0 Å². The highest BCUT2D eigenvalue weighted by Gasteiger charge is 2.28. The Morgan fingerprint density at radius 1 is 1.38 bits per heavy atom. The minimum absolute atomic E-state index is 0.171. The maximum absolute atomic E-state index is 11.9. The lowest BCUT2D eigenvalue weighted by Gasteiger charge is -2.26. The molecule has 0 spiro atoms. The van der Waals surface area contributed by atoms with E-state index in [9.17, 15) is 13.2 Å². The van der Waals surface area contributed by atoms with E-state index in [4.69, 9.17) is 5.84 Å². The van der Waals surface area contributed by atoms with Gasteiger partial charge >= 0.3 is 0 Å². The zero-order chi connectivity index (χ0) is 12.2. The number of rotatable bonds is 4. The largest absolute Gasteiger partial charge is 0.294 e. The molecule has 0 aromatic heterocycles. The van der Waals surface area contributed by atoms with Crippen LogP contribution in [0.5, 0.6) is 0 Å². The number of nitrogens with two attached hydrogens (primary N) is 1. The fourth-order valence-corrected chi connectivity index (χ4v) is 3.59. The van der Waals surface area contributed by atoms with Gasteiger partial charge in [-0.3, -0.25) is 10.2 Å². The molecule has 1 rings (SSSR count). The molecular formula is C9H19N3O3S. The molecule has 1 aliphatic heterocycles. The Bertz CT molecular complexity index is 336. The van der Waals surface area contributed by atoms with Crippen molar-refractivity contribution >= 4 is 15.9 Å². The summed E-state index contributed by atoms with van der Waals surface area (Å²) >= 11 is 0. The first kappa shape index (κ1) is 13.4. The molecule has 0 aromatic carbocycles. The second-order valence-corrected chi connectivity index (χ2v) is 6.16. The first-order valence-corrected chi connectivity index (χ1v) is 7.06. The topological polar surface area (TPSA) is 92.5 Å². The van der Waals surface area contributed by atoms with Gasteiger partial charge in [0.05, 0.1) is 11.7 Å². The molecule has 0 aromatic rings. The molecule has 1 amide bonds. The maximum Gasteiger partial charge on any atom is 0.237 e. The molecule has 0 radical (unpaired) electrons. The molecule has 6 nitrogen and oxygen atoms in total. The number of amides is 1. The van der Waals surface area contributed by atoms with E-state index < -0.39 is 21.8 Å². The molecule has 1 heterocycles. The van der Waals surface area contributed by atoms with Crippen LogP contribution in [0.25, 0.3) is 0 Å². The smallest absolute Gasteiger partial charge is 0.237 e. The third kappa shape index (κ3) is 3.43. The van der Waals surface area contributed by atoms with Crippen LogP contribution in [-0.2, 0) is 14.8 Å². The van der Waals surface area contributed by atoms with Crippen molar-refractivity contribution in [2.24, 2.45) is 11.8 Å². The van der Waals surface area contributed by atoms with Crippen molar-refractivity contribution in [3.8, 4) is 0 Å². The number of hydrogen-bond donors (Lipinski definition) is 2. The third-order valence-corrected chi connectivity index (χ3v) is 4.83. The van der Waals surface area contributed by atoms with E-state index in [2.05, 4.69) is 0 Å². The van der Waals surface area contributed by atoms with Gasteiger partial charge in [-0.05, 0) is 12.8 Å². The highest BCUT2D eigenvalue weighted by Crippen LogP contribution is 2.15. The molecule has 0 saturated carbocycles. The standard InChI is InChI=1S/C9H19N3O3S/c1-8(9(13)11-10)7-16(14,15)12-5-3-2-4-6-12/h8H,2-7,10H2,1H3,(H,11,13). The van der Waals surface area contributed by atoms with Crippen LogP contribution in [0, 0.1) is 5.92 Å². The van der Waals surface area contributed by atoms with Gasteiger partial charge in [0.15, 0.2) is 0 Å². The fourth-order valence-electron chi connectivity index (χ4n) is 1.78. The molecule has 1 atom stereocenters. The van der Waals surface area contributed by atoms with Crippen molar-refractivity contribution in [2.75, 3.05) is 18.8 Å². The van der Waals surface area contributed by atoms with Gasteiger partial charge < -0.3 is 0 Å². The summed E-state index contributed by atoms with van der Waals surface area (Å²) in [6.45, 7) is 2.70. The van der Waals surface area contributed by atoms with E-state index in [1.807, 2.05) is 5.43 Å². The zero-order valence-electron chi connectivity index (χ0n) is 9.48. The SMILES string of the molecule is CC(CS(=O)(=O)N1CCCCC1)C(=O)NN. The lowest BCUT2D eigenvalue weighted by Crippen LogP contribution is -2.42. The van der Waals surface area contributed by atoms with Crippen LogP contribution in [0.1, 0.15) is 26.2 Å². The summed E-state index contributed by atoms with van der Waals surface area (Å²) in [6.07, 6.45) is 2.87. The Hall–Kier alpha value is -0.660. The van der Waals surface area contributed by atoms with Gasteiger partial charge in [0.25, 0.3) is 0 Å². The highest BCUT2D eigenvalue weighted by atomic mass is 32.2.